The third kappa shape index (κ3) is 3.15. The van der Waals surface area contributed by atoms with E-state index in [1.807, 2.05) is 0 Å². The van der Waals surface area contributed by atoms with Gasteiger partial charge in [-0.2, -0.15) is 4.31 Å². The summed E-state index contributed by atoms with van der Waals surface area (Å²) in [5.74, 6) is -0.276. The van der Waals surface area contributed by atoms with Gasteiger partial charge >= 0.3 is 0 Å². The Morgan fingerprint density at radius 3 is 2.30 bits per heavy atom. The van der Waals surface area contributed by atoms with Crippen LogP contribution in [0.2, 0.25) is 0 Å². The van der Waals surface area contributed by atoms with Gasteiger partial charge in [-0.1, -0.05) is 6.42 Å². The van der Waals surface area contributed by atoms with Crippen LogP contribution in [0.25, 0.3) is 0 Å². The van der Waals surface area contributed by atoms with Crippen molar-refractivity contribution in [1.29, 1.82) is 5.41 Å². The lowest BCUT2D eigenvalue weighted by atomic mass is 10.0. The lowest BCUT2D eigenvalue weighted by molar-refractivity contribution is 0.299. The maximum atomic E-state index is 12.6. The molecule has 0 aliphatic carbocycles. The molecule has 0 aromatic carbocycles. The van der Waals surface area contributed by atoms with E-state index in [1.165, 1.54) is 4.31 Å². The fourth-order valence-corrected chi connectivity index (χ4v) is 6.84. The molecule has 0 bridgehead atoms. The maximum Gasteiger partial charge on any atom is 0.217 e. The highest BCUT2D eigenvalue weighted by Gasteiger charge is 2.41. The van der Waals surface area contributed by atoms with Crippen molar-refractivity contribution in [1.82, 2.24) is 4.31 Å². The number of piperidine rings is 1. The average molecular weight is 323 g/mol. The summed E-state index contributed by atoms with van der Waals surface area (Å²) in [5.41, 5.74) is 5.51. The third-order valence-electron chi connectivity index (χ3n) is 4.06. The van der Waals surface area contributed by atoms with Crippen LogP contribution in [0.1, 0.15) is 32.1 Å². The number of sulfone groups is 1. The molecule has 7 nitrogen and oxygen atoms in total. The van der Waals surface area contributed by atoms with Crippen LogP contribution < -0.4 is 5.73 Å². The van der Waals surface area contributed by atoms with Gasteiger partial charge in [-0.25, -0.2) is 16.8 Å². The highest BCUT2D eigenvalue weighted by molar-refractivity contribution is 7.92. The summed E-state index contributed by atoms with van der Waals surface area (Å²) in [5, 5.41) is 6.89. The van der Waals surface area contributed by atoms with Crippen molar-refractivity contribution in [3.05, 3.63) is 0 Å². The fraction of sp³-hybridized carbons (Fsp3) is 0.909. The van der Waals surface area contributed by atoms with Crippen LogP contribution in [0.4, 0.5) is 0 Å². The second-order valence-electron chi connectivity index (χ2n) is 5.47. The Labute approximate surface area is 120 Å². The molecule has 3 N–H and O–H groups in total. The van der Waals surface area contributed by atoms with Gasteiger partial charge in [0.2, 0.25) is 10.0 Å². The van der Waals surface area contributed by atoms with Crippen LogP contribution in [-0.4, -0.2) is 56.3 Å². The number of nitrogens with two attached hydrogens (primary N) is 1. The van der Waals surface area contributed by atoms with Crippen LogP contribution in [0, 0.1) is 5.41 Å². The van der Waals surface area contributed by atoms with Crippen molar-refractivity contribution in [2.24, 2.45) is 5.73 Å². The van der Waals surface area contributed by atoms with Gasteiger partial charge in [-0.05, 0) is 25.7 Å². The first-order valence-corrected chi connectivity index (χ1v) is 10.1. The van der Waals surface area contributed by atoms with Crippen LogP contribution >= 0.6 is 0 Å². The lowest BCUT2D eigenvalue weighted by Gasteiger charge is -2.37. The molecule has 2 saturated heterocycles. The molecule has 0 radical (unpaired) electrons. The molecule has 0 aromatic rings. The zero-order valence-electron chi connectivity index (χ0n) is 11.3. The second-order valence-corrected chi connectivity index (χ2v) is 9.94. The molecule has 2 aliphatic rings. The summed E-state index contributed by atoms with van der Waals surface area (Å²) < 4.78 is 49.4. The number of nitrogens with one attached hydrogen (secondary N) is 1. The molecule has 116 valence electrons. The van der Waals surface area contributed by atoms with E-state index in [0.717, 1.165) is 12.8 Å². The Morgan fingerprint density at radius 2 is 1.75 bits per heavy atom. The standard InChI is InChI=1S/C11H21N3O4S2/c12-11(13)10-3-1-2-6-14(10)20(17,18)9-4-7-19(15,16)8-5-9/h9-10H,1-8H2,(H3,12,13). The molecule has 9 heteroatoms. The second kappa shape index (κ2) is 5.61. The van der Waals surface area contributed by atoms with Gasteiger partial charge in [0, 0.05) is 6.54 Å². The predicted octanol–water partition coefficient (Wildman–Crippen LogP) is -0.316. The molecule has 0 aromatic heterocycles. The van der Waals surface area contributed by atoms with E-state index in [9.17, 15) is 16.8 Å². The topological polar surface area (TPSA) is 121 Å². The van der Waals surface area contributed by atoms with Crippen LogP contribution in [0.15, 0.2) is 0 Å². The number of hydrogen-bond acceptors (Lipinski definition) is 5. The Bertz CT molecular complexity index is 571. The smallest absolute Gasteiger partial charge is 0.217 e. The molecule has 2 heterocycles. The fourth-order valence-electron chi connectivity index (χ4n) is 2.88. The molecular formula is C11H21N3O4S2. The van der Waals surface area contributed by atoms with Gasteiger partial charge < -0.3 is 5.73 Å². The quantitative estimate of drug-likeness (QED) is 0.545. The molecule has 2 fully saturated rings. The summed E-state index contributed by atoms with van der Waals surface area (Å²) in [6, 6.07) is -0.563. The van der Waals surface area contributed by atoms with Crippen molar-refractivity contribution in [2.75, 3.05) is 18.1 Å². The Balaban J connectivity index is 2.19. The number of amidine groups is 1. The van der Waals surface area contributed by atoms with E-state index in [2.05, 4.69) is 0 Å². The Hall–Kier alpha value is -0.670. The van der Waals surface area contributed by atoms with E-state index >= 15 is 0 Å². The molecule has 20 heavy (non-hydrogen) atoms. The zero-order valence-corrected chi connectivity index (χ0v) is 12.9. The van der Waals surface area contributed by atoms with E-state index in [1.54, 1.807) is 0 Å². The molecule has 1 atom stereocenters. The summed E-state index contributed by atoms with van der Waals surface area (Å²) >= 11 is 0. The van der Waals surface area contributed by atoms with Gasteiger partial charge in [-0.15, -0.1) is 0 Å². The van der Waals surface area contributed by atoms with E-state index in [-0.39, 0.29) is 30.2 Å². The van der Waals surface area contributed by atoms with Crippen molar-refractivity contribution in [3.63, 3.8) is 0 Å². The van der Waals surface area contributed by atoms with Crippen molar-refractivity contribution in [2.45, 2.75) is 43.4 Å². The largest absolute Gasteiger partial charge is 0.386 e. The van der Waals surface area contributed by atoms with Gasteiger partial charge in [0.25, 0.3) is 0 Å². The first-order chi connectivity index (χ1) is 9.24. The molecular weight excluding hydrogens is 302 g/mol. The SMILES string of the molecule is N=C(N)C1CCCCN1S(=O)(=O)C1CCS(=O)(=O)CC1. The molecule has 1 unspecified atom stereocenters. The number of hydrogen-bond donors (Lipinski definition) is 2. The van der Waals surface area contributed by atoms with E-state index in [0.29, 0.717) is 13.0 Å². The van der Waals surface area contributed by atoms with Crippen molar-refractivity contribution in [3.8, 4) is 0 Å². The molecule has 0 spiro atoms. The molecule has 0 amide bonds. The number of rotatable bonds is 3. The van der Waals surface area contributed by atoms with Gasteiger partial charge in [0.15, 0.2) is 0 Å². The van der Waals surface area contributed by atoms with E-state index < -0.39 is 31.2 Å². The highest BCUT2D eigenvalue weighted by Crippen LogP contribution is 2.28. The van der Waals surface area contributed by atoms with Crippen LogP contribution in [-0.2, 0) is 19.9 Å². The number of nitrogens with zero attached hydrogens (tertiary/aromatic N) is 1. The predicted molar refractivity (Wildman–Crippen MR) is 76.9 cm³/mol. The normalized spacial score (nSPS) is 29.1. The summed E-state index contributed by atoms with van der Waals surface area (Å²) in [7, 11) is -6.67. The Morgan fingerprint density at radius 1 is 1.15 bits per heavy atom. The molecule has 2 aliphatic heterocycles. The molecule has 2 rings (SSSR count). The Kier molecular flexibility index (Phi) is 4.41. The minimum Gasteiger partial charge on any atom is -0.386 e. The van der Waals surface area contributed by atoms with Gasteiger partial charge in [-0.3, -0.25) is 5.41 Å². The third-order valence-corrected chi connectivity index (χ3v) is 8.18. The van der Waals surface area contributed by atoms with Crippen LogP contribution in [0.5, 0.6) is 0 Å². The minimum atomic E-state index is -3.58. The van der Waals surface area contributed by atoms with Crippen LogP contribution in [0.3, 0.4) is 0 Å². The van der Waals surface area contributed by atoms with Crippen molar-refractivity contribution >= 4 is 25.7 Å². The average Bonchev–Trinajstić information content (AvgIpc) is 2.38. The molecule has 0 saturated carbocycles. The summed E-state index contributed by atoms with van der Waals surface area (Å²) in [6.07, 6.45) is 2.47. The summed E-state index contributed by atoms with van der Waals surface area (Å²) in [4.78, 5) is 0. The number of sulfonamides is 1. The minimum absolute atomic E-state index is 0.0739. The first-order valence-electron chi connectivity index (χ1n) is 6.79. The first kappa shape index (κ1) is 15.7. The highest BCUT2D eigenvalue weighted by atomic mass is 32.2. The monoisotopic (exact) mass is 323 g/mol. The lowest BCUT2D eigenvalue weighted by Crippen LogP contribution is -2.53. The van der Waals surface area contributed by atoms with Gasteiger partial charge in [0.05, 0.1) is 22.8 Å². The summed E-state index contributed by atoms with van der Waals surface area (Å²) in [6.45, 7) is 0.371. The van der Waals surface area contributed by atoms with E-state index in [4.69, 9.17) is 11.1 Å². The maximum absolute atomic E-state index is 12.6. The van der Waals surface area contributed by atoms with Crippen molar-refractivity contribution < 1.29 is 16.8 Å². The zero-order chi connectivity index (χ0) is 15.0. The van der Waals surface area contributed by atoms with Gasteiger partial charge in [0.1, 0.15) is 15.7 Å².